The topological polar surface area (TPSA) is 87.5 Å². The monoisotopic (exact) mass is 330 g/mol. The normalized spacial score (nSPS) is 11.8. The van der Waals surface area contributed by atoms with Gasteiger partial charge in [-0.1, -0.05) is 0 Å². The van der Waals surface area contributed by atoms with Crippen LogP contribution in [-0.4, -0.2) is 39.9 Å². The van der Waals surface area contributed by atoms with Crippen molar-refractivity contribution >= 4 is 23.3 Å². The molecule has 7 heteroatoms. The van der Waals surface area contributed by atoms with Gasteiger partial charge in [-0.2, -0.15) is 5.10 Å². The summed E-state index contributed by atoms with van der Waals surface area (Å²) < 4.78 is 1.20. The molecule has 0 spiro atoms. The Kier molecular flexibility index (Phi) is 5.57. The quantitative estimate of drug-likeness (QED) is 0.815. The van der Waals surface area contributed by atoms with Crippen molar-refractivity contribution in [3.05, 3.63) is 42.2 Å². The van der Waals surface area contributed by atoms with Gasteiger partial charge in [0.05, 0.1) is 0 Å². The predicted molar refractivity (Wildman–Crippen MR) is 92.5 cm³/mol. The molecule has 1 unspecified atom stereocenters. The van der Waals surface area contributed by atoms with E-state index in [9.17, 15) is 9.59 Å². The van der Waals surface area contributed by atoms with Crippen LogP contribution in [0.2, 0.25) is 0 Å². The molecule has 1 amide bonds. The summed E-state index contributed by atoms with van der Waals surface area (Å²) in [7, 11) is 0. The average molecular weight is 330 g/mol. The maximum atomic E-state index is 12.4. The number of nitrogens with zero attached hydrogens (tertiary/aromatic N) is 3. The SMILES string of the molecule is CCN(CC)c1ccc(NC(=O)c2ccnn2C(C)C(=O)O)cc1. The molecule has 1 heterocycles. The largest absolute Gasteiger partial charge is 0.480 e. The predicted octanol–water partition coefficient (Wildman–Crippen LogP) is 2.63. The number of carbonyl (C=O) groups excluding carboxylic acids is 1. The van der Waals surface area contributed by atoms with E-state index in [-0.39, 0.29) is 5.69 Å². The standard InChI is InChI=1S/C17H22N4O3/c1-4-20(5-2)14-8-6-13(7-9-14)19-16(22)15-10-11-18-21(15)12(3)17(23)24/h6-12H,4-5H2,1-3H3,(H,19,22)(H,23,24). The average Bonchev–Trinajstić information content (AvgIpc) is 3.06. The van der Waals surface area contributed by atoms with Crippen molar-refractivity contribution in [3.8, 4) is 0 Å². The molecule has 0 saturated heterocycles. The fourth-order valence-corrected chi connectivity index (χ4v) is 2.45. The molecule has 1 aromatic carbocycles. The van der Waals surface area contributed by atoms with Crippen LogP contribution in [0.15, 0.2) is 36.5 Å². The van der Waals surface area contributed by atoms with E-state index in [0.29, 0.717) is 5.69 Å². The van der Waals surface area contributed by atoms with Crippen LogP contribution < -0.4 is 10.2 Å². The first-order valence-corrected chi connectivity index (χ1v) is 7.90. The number of rotatable bonds is 7. The van der Waals surface area contributed by atoms with Crippen LogP contribution in [0.25, 0.3) is 0 Å². The van der Waals surface area contributed by atoms with Crippen molar-refractivity contribution < 1.29 is 14.7 Å². The van der Waals surface area contributed by atoms with Crippen molar-refractivity contribution in [2.75, 3.05) is 23.3 Å². The molecule has 0 fully saturated rings. The first-order valence-electron chi connectivity index (χ1n) is 7.90. The number of amides is 1. The number of carbonyl (C=O) groups is 2. The van der Waals surface area contributed by atoms with Crippen molar-refractivity contribution in [1.82, 2.24) is 9.78 Å². The Morgan fingerprint density at radius 2 is 1.83 bits per heavy atom. The van der Waals surface area contributed by atoms with Gasteiger partial charge in [0.15, 0.2) is 0 Å². The first kappa shape index (κ1) is 17.5. The number of anilines is 2. The van der Waals surface area contributed by atoms with Gasteiger partial charge >= 0.3 is 5.97 Å². The molecular formula is C17H22N4O3. The lowest BCUT2D eigenvalue weighted by Gasteiger charge is -2.21. The smallest absolute Gasteiger partial charge is 0.328 e. The Morgan fingerprint density at radius 1 is 1.21 bits per heavy atom. The number of nitrogens with one attached hydrogen (secondary N) is 1. The summed E-state index contributed by atoms with van der Waals surface area (Å²) in [5, 5.41) is 15.8. The maximum absolute atomic E-state index is 12.4. The third kappa shape index (κ3) is 3.73. The fourth-order valence-electron chi connectivity index (χ4n) is 2.45. The lowest BCUT2D eigenvalue weighted by molar-refractivity contribution is -0.140. The van der Waals surface area contributed by atoms with Gasteiger partial charge in [-0.25, -0.2) is 9.48 Å². The van der Waals surface area contributed by atoms with Gasteiger partial charge in [-0.15, -0.1) is 0 Å². The zero-order valence-electron chi connectivity index (χ0n) is 14.1. The van der Waals surface area contributed by atoms with Crippen LogP contribution in [0.4, 0.5) is 11.4 Å². The van der Waals surface area contributed by atoms with E-state index in [1.54, 1.807) is 0 Å². The van der Waals surface area contributed by atoms with E-state index < -0.39 is 17.9 Å². The fraction of sp³-hybridized carbons (Fsp3) is 0.353. The second-order valence-electron chi connectivity index (χ2n) is 5.35. The van der Waals surface area contributed by atoms with Crippen LogP contribution in [0.3, 0.4) is 0 Å². The summed E-state index contributed by atoms with van der Waals surface area (Å²) in [6, 6.07) is 8.13. The van der Waals surface area contributed by atoms with Gasteiger partial charge in [0.25, 0.3) is 5.91 Å². The minimum Gasteiger partial charge on any atom is -0.480 e. The molecule has 2 rings (SSSR count). The molecule has 7 nitrogen and oxygen atoms in total. The zero-order valence-corrected chi connectivity index (χ0v) is 14.1. The summed E-state index contributed by atoms with van der Waals surface area (Å²) in [5.41, 5.74) is 1.94. The number of aromatic nitrogens is 2. The zero-order chi connectivity index (χ0) is 17.7. The van der Waals surface area contributed by atoms with Crippen molar-refractivity contribution in [3.63, 3.8) is 0 Å². The van der Waals surface area contributed by atoms with Crippen LogP contribution in [0.5, 0.6) is 0 Å². The van der Waals surface area contributed by atoms with Crippen LogP contribution in [0, 0.1) is 0 Å². The third-order valence-corrected chi connectivity index (χ3v) is 3.88. The summed E-state index contributed by atoms with van der Waals surface area (Å²) in [4.78, 5) is 25.7. The number of carboxylic acid groups (broad SMARTS) is 1. The third-order valence-electron chi connectivity index (χ3n) is 3.88. The van der Waals surface area contributed by atoms with Gasteiger partial charge in [0.2, 0.25) is 0 Å². The highest BCUT2D eigenvalue weighted by Gasteiger charge is 2.21. The maximum Gasteiger partial charge on any atom is 0.328 e. The molecule has 0 radical (unpaired) electrons. The minimum absolute atomic E-state index is 0.206. The number of hydrogen-bond acceptors (Lipinski definition) is 4. The van der Waals surface area contributed by atoms with Crippen LogP contribution >= 0.6 is 0 Å². The minimum atomic E-state index is -1.05. The molecule has 2 aromatic rings. The van der Waals surface area contributed by atoms with Crippen molar-refractivity contribution in [2.45, 2.75) is 26.8 Å². The molecule has 0 aliphatic carbocycles. The molecule has 24 heavy (non-hydrogen) atoms. The van der Waals surface area contributed by atoms with Crippen molar-refractivity contribution in [2.24, 2.45) is 0 Å². The summed E-state index contributed by atoms with van der Waals surface area (Å²) in [6.07, 6.45) is 1.41. The first-order chi connectivity index (χ1) is 11.5. The molecule has 0 bridgehead atoms. The molecule has 128 valence electrons. The Morgan fingerprint density at radius 3 is 2.38 bits per heavy atom. The van der Waals surface area contributed by atoms with Gasteiger partial charge in [0.1, 0.15) is 11.7 Å². The van der Waals surface area contributed by atoms with Gasteiger partial charge in [-0.3, -0.25) is 4.79 Å². The Labute approximate surface area is 140 Å². The summed E-state index contributed by atoms with van der Waals surface area (Å²) in [5.74, 6) is -1.44. The molecule has 1 aromatic heterocycles. The molecule has 2 N–H and O–H groups in total. The number of hydrogen-bond donors (Lipinski definition) is 2. The molecule has 0 aliphatic heterocycles. The lowest BCUT2D eigenvalue weighted by Crippen LogP contribution is -2.24. The molecule has 0 aliphatic rings. The van der Waals surface area contributed by atoms with E-state index in [0.717, 1.165) is 18.8 Å². The molecular weight excluding hydrogens is 308 g/mol. The van der Waals surface area contributed by atoms with Gasteiger partial charge in [-0.05, 0) is 51.1 Å². The van der Waals surface area contributed by atoms with E-state index in [1.165, 1.54) is 23.9 Å². The van der Waals surface area contributed by atoms with E-state index in [4.69, 9.17) is 5.11 Å². The highest BCUT2D eigenvalue weighted by atomic mass is 16.4. The Hall–Kier alpha value is -2.83. The second-order valence-corrected chi connectivity index (χ2v) is 5.35. The highest BCUT2D eigenvalue weighted by Crippen LogP contribution is 2.19. The molecule has 0 saturated carbocycles. The van der Waals surface area contributed by atoms with Crippen LogP contribution in [-0.2, 0) is 4.79 Å². The van der Waals surface area contributed by atoms with E-state index in [2.05, 4.69) is 29.2 Å². The summed E-state index contributed by atoms with van der Waals surface area (Å²) >= 11 is 0. The second kappa shape index (κ2) is 7.63. The van der Waals surface area contributed by atoms with Crippen molar-refractivity contribution in [1.29, 1.82) is 0 Å². The van der Waals surface area contributed by atoms with E-state index in [1.807, 2.05) is 24.3 Å². The van der Waals surface area contributed by atoms with E-state index >= 15 is 0 Å². The Balaban J connectivity index is 2.13. The molecule has 1 atom stereocenters. The number of benzene rings is 1. The number of carboxylic acids is 1. The summed E-state index contributed by atoms with van der Waals surface area (Å²) in [6.45, 7) is 7.47. The highest BCUT2D eigenvalue weighted by molar-refractivity contribution is 6.03. The number of aliphatic carboxylic acids is 1. The van der Waals surface area contributed by atoms with Crippen LogP contribution in [0.1, 0.15) is 37.3 Å². The lowest BCUT2D eigenvalue weighted by atomic mass is 10.2. The van der Waals surface area contributed by atoms with Gasteiger partial charge < -0.3 is 15.3 Å². The Bertz CT molecular complexity index is 705. The van der Waals surface area contributed by atoms with Gasteiger partial charge in [0, 0.05) is 30.7 Å².